The molecule has 5 nitrogen and oxygen atoms in total. The average molecular weight is 374 g/mol. The molecule has 142 valence electrons. The number of anilines is 2. The van der Waals surface area contributed by atoms with Gasteiger partial charge >= 0.3 is 0 Å². The maximum atomic E-state index is 12.5. The number of ether oxygens (including phenoxy) is 1. The molecule has 0 fully saturated rings. The highest BCUT2D eigenvalue weighted by atomic mass is 16.5. The Morgan fingerprint density at radius 3 is 1.93 bits per heavy atom. The standard InChI is InChI=1S/C23H22N2O3/c1-15-4-5-16(2)21(14-15)23(27)25-18-8-6-17(7-9-18)22(26)24-19-10-12-20(28-3)13-11-19/h4-14H,1-3H3,(H,24,26)(H,25,27). The first-order valence-corrected chi connectivity index (χ1v) is 8.90. The number of carbonyl (C=O) groups is 2. The van der Waals surface area contributed by atoms with Gasteiger partial charge in [0.05, 0.1) is 7.11 Å². The van der Waals surface area contributed by atoms with Gasteiger partial charge in [-0.15, -0.1) is 0 Å². The van der Waals surface area contributed by atoms with Gasteiger partial charge in [-0.3, -0.25) is 9.59 Å². The van der Waals surface area contributed by atoms with E-state index in [-0.39, 0.29) is 11.8 Å². The topological polar surface area (TPSA) is 67.4 Å². The number of methoxy groups -OCH3 is 1. The van der Waals surface area contributed by atoms with Crippen molar-refractivity contribution in [2.24, 2.45) is 0 Å². The molecule has 0 saturated heterocycles. The van der Waals surface area contributed by atoms with E-state index in [9.17, 15) is 9.59 Å². The van der Waals surface area contributed by atoms with Crippen molar-refractivity contribution in [1.29, 1.82) is 0 Å². The summed E-state index contributed by atoms with van der Waals surface area (Å²) in [6.45, 7) is 3.85. The molecule has 0 aliphatic carbocycles. The van der Waals surface area contributed by atoms with E-state index < -0.39 is 0 Å². The molecule has 3 aromatic carbocycles. The summed E-state index contributed by atoms with van der Waals surface area (Å²) in [5, 5.41) is 5.70. The second-order valence-corrected chi connectivity index (χ2v) is 6.53. The lowest BCUT2D eigenvalue weighted by atomic mass is 10.0. The third kappa shape index (κ3) is 4.57. The number of amides is 2. The van der Waals surface area contributed by atoms with Crippen molar-refractivity contribution in [1.82, 2.24) is 0 Å². The van der Waals surface area contributed by atoms with Gasteiger partial charge in [-0.05, 0) is 74.0 Å². The summed E-state index contributed by atoms with van der Waals surface area (Å²) in [4.78, 5) is 24.9. The van der Waals surface area contributed by atoms with E-state index in [2.05, 4.69) is 10.6 Å². The van der Waals surface area contributed by atoms with Gasteiger partial charge in [0.2, 0.25) is 0 Å². The first-order chi connectivity index (χ1) is 13.5. The van der Waals surface area contributed by atoms with Crippen LogP contribution in [-0.2, 0) is 0 Å². The minimum atomic E-state index is -0.224. The first kappa shape index (κ1) is 19.2. The van der Waals surface area contributed by atoms with Gasteiger partial charge in [0.25, 0.3) is 11.8 Å². The van der Waals surface area contributed by atoms with Crippen LogP contribution in [0.15, 0.2) is 66.7 Å². The second-order valence-electron chi connectivity index (χ2n) is 6.53. The van der Waals surface area contributed by atoms with Gasteiger partial charge in [0.1, 0.15) is 5.75 Å². The Labute approximate surface area is 164 Å². The summed E-state index contributed by atoms with van der Waals surface area (Å²) in [6.07, 6.45) is 0. The number of nitrogens with one attached hydrogen (secondary N) is 2. The van der Waals surface area contributed by atoms with Crippen LogP contribution in [0.1, 0.15) is 31.8 Å². The summed E-state index contributed by atoms with van der Waals surface area (Å²) in [5.41, 5.74) is 4.40. The molecule has 0 aliphatic rings. The van der Waals surface area contributed by atoms with Gasteiger partial charge in [-0.1, -0.05) is 17.7 Å². The van der Waals surface area contributed by atoms with Gasteiger partial charge in [-0.2, -0.15) is 0 Å². The van der Waals surface area contributed by atoms with Gasteiger partial charge in [0, 0.05) is 22.5 Å². The molecule has 3 rings (SSSR count). The van der Waals surface area contributed by atoms with E-state index >= 15 is 0 Å². The van der Waals surface area contributed by atoms with Crippen LogP contribution in [0.25, 0.3) is 0 Å². The number of hydrogen-bond donors (Lipinski definition) is 2. The summed E-state index contributed by atoms with van der Waals surface area (Å²) >= 11 is 0. The van der Waals surface area contributed by atoms with Crippen molar-refractivity contribution in [2.75, 3.05) is 17.7 Å². The third-order valence-corrected chi connectivity index (χ3v) is 4.39. The van der Waals surface area contributed by atoms with Crippen LogP contribution in [0.3, 0.4) is 0 Å². The smallest absolute Gasteiger partial charge is 0.255 e. The Balaban J connectivity index is 1.66. The highest BCUT2D eigenvalue weighted by Gasteiger charge is 2.11. The molecule has 0 radical (unpaired) electrons. The predicted molar refractivity (Wildman–Crippen MR) is 111 cm³/mol. The summed E-state index contributed by atoms with van der Waals surface area (Å²) in [7, 11) is 1.59. The van der Waals surface area contributed by atoms with Crippen LogP contribution in [0.4, 0.5) is 11.4 Å². The van der Waals surface area contributed by atoms with E-state index in [4.69, 9.17) is 4.74 Å². The lowest BCUT2D eigenvalue weighted by molar-refractivity contribution is 0.101. The molecule has 0 atom stereocenters. The van der Waals surface area contributed by atoms with Crippen LogP contribution in [0.2, 0.25) is 0 Å². The normalized spacial score (nSPS) is 10.2. The van der Waals surface area contributed by atoms with E-state index in [0.29, 0.717) is 22.5 Å². The molecule has 5 heteroatoms. The zero-order valence-corrected chi connectivity index (χ0v) is 16.1. The fraction of sp³-hybridized carbons (Fsp3) is 0.130. The number of rotatable bonds is 5. The third-order valence-electron chi connectivity index (χ3n) is 4.39. The molecule has 0 aromatic heterocycles. The minimum absolute atomic E-state index is 0.170. The van der Waals surface area contributed by atoms with Crippen LogP contribution < -0.4 is 15.4 Å². The summed E-state index contributed by atoms with van der Waals surface area (Å²) < 4.78 is 5.10. The lowest BCUT2D eigenvalue weighted by Crippen LogP contribution is -2.14. The number of benzene rings is 3. The Morgan fingerprint density at radius 1 is 0.750 bits per heavy atom. The number of hydrogen-bond acceptors (Lipinski definition) is 3. The fourth-order valence-electron chi connectivity index (χ4n) is 2.76. The molecule has 0 saturated carbocycles. The molecule has 0 unspecified atom stereocenters. The Bertz CT molecular complexity index is 993. The highest BCUT2D eigenvalue weighted by molar-refractivity contribution is 6.07. The largest absolute Gasteiger partial charge is 0.497 e. The van der Waals surface area contributed by atoms with Crippen molar-refractivity contribution in [2.45, 2.75) is 13.8 Å². The van der Waals surface area contributed by atoms with Crippen molar-refractivity contribution in [3.8, 4) is 5.75 Å². The van der Waals surface area contributed by atoms with Gasteiger partial charge in [0.15, 0.2) is 0 Å². The quantitative estimate of drug-likeness (QED) is 0.673. The predicted octanol–water partition coefficient (Wildman–Crippen LogP) is 4.82. The fourth-order valence-corrected chi connectivity index (χ4v) is 2.76. The minimum Gasteiger partial charge on any atom is -0.497 e. The second kappa shape index (κ2) is 8.39. The lowest BCUT2D eigenvalue weighted by Gasteiger charge is -2.10. The molecule has 28 heavy (non-hydrogen) atoms. The number of aryl methyl sites for hydroxylation is 2. The molecule has 3 aromatic rings. The summed E-state index contributed by atoms with van der Waals surface area (Å²) in [6, 6.07) is 19.7. The zero-order chi connectivity index (χ0) is 20.1. The molecule has 2 amide bonds. The van der Waals surface area contributed by atoms with E-state index in [1.54, 1.807) is 55.6 Å². The van der Waals surface area contributed by atoms with Crippen molar-refractivity contribution < 1.29 is 14.3 Å². The first-order valence-electron chi connectivity index (χ1n) is 8.90. The molecule has 0 bridgehead atoms. The van der Waals surface area contributed by atoms with Crippen LogP contribution in [-0.4, -0.2) is 18.9 Å². The van der Waals surface area contributed by atoms with Crippen molar-refractivity contribution in [3.05, 3.63) is 89.0 Å². The van der Waals surface area contributed by atoms with E-state index in [0.717, 1.165) is 16.9 Å². The Morgan fingerprint density at radius 2 is 1.32 bits per heavy atom. The highest BCUT2D eigenvalue weighted by Crippen LogP contribution is 2.18. The van der Waals surface area contributed by atoms with Crippen LogP contribution >= 0.6 is 0 Å². The van der Waals surface area contributed by atoms with E-state index in [1.807, 2.05) is 32.0 Å². The molecule has 2 N–H and O–H groups in total. The van der Waals surface area contributed by atoms with Crippen molar-refractivity contribution in [3.63, 3.8) is 0 Å². The summed E-state index contributed by atoms with van der Waals surface area (Å²) in [5.74, 6) is 0.330. The van der Waals surface area contributed by atoms with Crippen molar-refractivity contribution >= 4 is 23.2 Å². The van der Waals surface area contributed by atoms with Crippen LogP contribution in [0, 0.1) is 13.8 Å². The van der Waals surface area contributed by atoms with Crippen LogP contribution in [0.5, 0.6) is 5.75 Å². The monoisotopic (exact) mass is 374 g/mol. The van der Waals surface area contributed by atoms with E-state index in [1.165, 1.54) is 0 Å². The Kier molecular flexibility index (Phi) is 5.75. The maximum absolute atomic E-state index is 12.5. The number of carbonyl (C=O) groups excluding carboxylic acids is 2. The molecule has 0 aliphatic heterocycles. The molecule has 0 heterocycles. The SMILES string of the molecule is COc1ccc(NC(=O)c2ccc(NC(=O)c3cc(C)ccc3C)cc2)cc1. The zero-order valence-electron chi connectivity index (χ0n) is 16.1. The molecule has 0 spiro atoms. The molecular formula is C23H22N2O3. The average Bonchev–Trinajstić information content (AvgIpc) is 2.70. The Hall–Kier alpha value is -3.60. The van der Waals surface area contributed by atoms with Gasteiger partial charge < -0.3 is 15.4 Å². The molecular weight excluding hydrogens is 352 g/mol. The maximum Gasteiger partial charge on any atom is 0.255 e. The van der Waals surface area contributed by atoms with Gasteiger partial charge in [-0.25, -0.2) is 0 Å².